The molecule has 1 aliphatic heterocycles. The summed E-state index contributed by atoms with van der Waals surface area (Å²) in [5, 5.41) is 8.52. The van der Waals surface area contributed by atoms with Crippen molar-refractivity contribution < 1.29 is 9.84 Å². The van der Waals surface area contributed by atoms with Crippen molar-refractivity contribution in [2.45, 2.75) is 19.4 Å². The van der Waals surface area contributed by atoms with Crippen LogP contribution in [0.3, 0.4) is 0 Å². The lowest BCUT2D eigenvalue weighted by molar-refractivity contribution is 0.0773. The van der Waals surface area contributed by atoms with Crippen molar-refractivity contribution in [2.24, 2.45) is 11.7 Å². The third-order valence-electron chi connectivity index (χ3n) is 2.84. The number of hydrogen-bond donors (Lipinski definition) is 2. The van der Waals surface area contributed by atoms with Crippen LogP contribution in [0.1, 0.15) is 13.3 Å². The summed E-state index contributed by atoms with van der Waals surface area (Å²) in [6.07, 6.45) is 1.21. The molecular formula is C10H22N2O2. The molecule has 1 fully saturated rings. The van der Waals surface area contributed by atoms with E-state index in [9.17, 15) is 0 Å². The number of hydrogen-bond acceptors (Lipinski definition) is 4. The van der Waals surface area contributed by atoms with Gasteiger partial charge in [0.1, 0.15) is 0 Å². The van der Waals surface area contributed by atoms with Crippen molar-refractivity contribution in [3.8, 4) is 0 Å². The van der Waals surface area contributed by atoms with Gasteiger partial charge in [0.25, 0.3) is 0 Å². The number of aliphatic hydroxyl groups is 1. The molecule has 0 amide bonds. The molecule has 1 saturated heterocycles. The van der Waals surface area contributed by atoms with E-state index < -0.39 is 0 Å². The van der Waals surface area contributed by atoms with Crippen LogP contribution in [0.15, 0.2) is 0 Å². The van der Waals surface area contributed by atoms with Gasteiger partial charge in [-0.1, -0.05) is 0 Å². The summed E-state index contributed by atoms with van der Waals surface area (Å²) in [5.74, 6) is 0.646. The number of nitrogens with two attached hydrogens (primary N) is 1. The van der Waals surface area contributed by atoms with Crippen LogP contribution in [-0.4, -0.2) is 55.5 Å². The smallest absolute Gasteiger partial charge is 0.0698 e. The van der Waals surface area contributed by atoms with Gasteiger partial charge in [-0.05, 0) is 25.8 Å². The normalized spacial score (nSPS) is 25.5. The van der Waals surface area contributed by atoms with Crippen LogP contribution in [0.25, 0.3) is 0 Å². The maximum absolute atomic E-state index is 8.52. The van der Waals surface area contributed by atoms with Gasteiger partial charge in [0.2, 0.25) is 0 Å². The summed E-state index contributed by atoms with van der Waals surface area (Å²) >= 11 is 0. The SMILES string of the molecule is CC(N)C1CCN(CCOCCO)C1. The molecule has 0 radical (unpaired) electrons. The standard InChI is InChI=1S/C10H22N2O2/c1-9(11)10-2-3-12(8-10)4-6-14-7-5-13/h9-10,13H,2-8,11H2,1H3. The predicted octanol–water partition coefficient (Wildman–Crippen LogP) is -0.336. The van der Waals surface area contributed by atoms with Gasteiger partial charge in [-0.3, -0.25) is 0 Å². The van der Waals surface area contributed by atoms with Gasteiger partial charge < -0.3 is 20.5 Å². The molecule has 0 aromatic heterocycles. The third-order valence-corrected chi connectivity index (χ3v) is 2.84. The van der Waals surface area contributed by atoms with Crippen LogP contribution in [-0.2, 0) is 4.74 Å². The number of aliphatic hydroxyl groups excluding tert-OH is 1. The van der Waals surface area contributed by atoms with Gasteiger partial charge in [0.05, 0.1) is 19.8 Å². The monoisotopic (exact) mass is 202 g/mol. The highest BCUT2D eigenvalue weighted by atomic mass is 16.5. The van der Waals surface area contributed by atoms with Gasteiger partial charge in [-0.25, -0.2) is 0 Å². The molecule has 0 saturated carbocycles. The first-order valence-corrected chi connectivity index (χ1v) is 5.40. The highest BCUT2D eigenvalue weighted by Gasteiger charge is 2.24. The van der Waals surface area contributed by atoms with Crippen LogP contribution in [0.2, 0.25) is 0 Å². The van der Waals surface area contributed by atoms with Crippen molar-refractivity contribution in [1.82, 2.24) is 4.90 Å². The lowest BCUT2D eigenvalue weighted by atomic mass is 10.0. The highest BCUT2D eigenvalue weighted by molar-refractivity contribution is 4.80. The summed E-state index contributed by atoms with van der Waals surface area (Å²) in [5.41, 5.74) is 5.85. The average Bonchev–Trinajstić information content (AvgIpc) is 2.61. The minimum Gasteiger partial charge on any atom is -0.394 e. The zero-order valence-corrected chi connectivity index (χ0v) is 8.98. The van der Waals surface area contributed by atoms with E-state index in [1.54, 1.807) is 0 Å². The summed E-state index contributed by atoms with van der Waals surface area (Å²) in [6.45, 7) is 6.55. The summed E-state index contributed by atoms with van der Waals surface area (Å²) < 4.78 is 5.22. The van der Waals surface area contributed by atoms with E-state index in [0.29, 0.717) is 25.2 Å². The van der Waals surface area contributed by atoms with Crippen LogP contribution in [0.5, 0.6) is 0 Å². The first kappa shape index (κ1) is 11.9. The molecule has 2 unspecified atom stereocenters. The minimum absolute atomic E-state index is 0.114. The Kier molecular flexibility index (Phi) is 5.40. The Morgan fingerprint density at radius 2 is 2.36 bits per heavy atom. The van der Waals surface area contributed by atoms with Gasteiger partial charge in [0.15, 0.2) is 0 Å². The first-order valence-electron chi connectivity index (χ1n) is 5.40. The Bertz CT molecular complexity index is 153. The van der Waals surface area contributed by atoms with E-state index in [2.05, 4.69) is 11.8 Å². The van der Waals surface area contributed by atoms with Crippen LogP contribution >= 0.6 is 0 Å². The fourth-order valence-electron chi connectivity index (χ4n) is 1.86. The summed E-state index contributed by atoms with van der Waals surface area (Å²) in [4.78, 5) is 2.38. The first-order chi connectivity index (χ1) is 6.74. The van der Waals surface area contributed by atoms with Crippen molar-refractivity contribution >= 4 is 0 Å². The summed E-state index contributed by atoms with van der Waals surface area (Å²) in [6, 6.07) is 0.304. The van der Waals surface area contributed by atoms with E-state index in [0.717, 1.165) is 19.6 Å². The van der Waals surface area contributed by atoms with E-state index in [-0.39, 0.29) is 6.61 Å². The molecule has 84 valence electrons. The van der Waals surface area contributed by atoms with E-state index in [4.69, 9.17) is 15.6 Å². The van der Waals surface area contributed by atoms with E-state index >= 15 is 0 Å². The van der Waals surface area contributed by atoms with Crippen LogP contribution < -0.4 is 5.73 Å². The zero-order chi connectivity index (χ0) is 10.4. The number of likely N-dealkylation sites (tertiary alicyclic amines) is 1. The maximum atomic E-state index is 8.52. The van der Waals surface area contributed by atoms with Crippen LogP contribution in [0.4, 0.5) is 0 Å². The molecule has 1 rings (SSSR count). The van der Waals surface area contributed by atoms with Crippen molar-refractivity contribution in [2.75, 3.05) is 39.5 Å². The second-order valence-corrected chi connectivity index (χ2v) is 4.04. The quantitative estimate of drug-likeness (QED) is 0.579. The van der Waals surface area contributed by atoms with Gasteiger partial charge >= 0.3 is 0 Å². The Labute approximate surface area is 86.0 Å². The molecule has 14 heavy (non-hydrogen) atoms. The maximum Gasteiger partial charge on any atom is 0.0698 e. The Balaban J connectivity index is 2.04. The lowest BCUT2D eigenvalue weighted by Crippen LogP contribution is -2.31. The summed E-state index contributed by atoms with van der Waals surface area (Å²) in [7, 11) is 0. The average molecular weight is 202 g/mol. The molecule has 2 atom stereocenters. The van der Waals surface area contributed by atoms with Crippen LogP contribution in [0, 0.1) is 5.92 Å². The predicted molar refractivity (Wildman–Crippen MR) is 56.1 cm³/mol. The van der Waals surface area contributed by atoms with Crippen molar-refractivity contribution in [3.63, 3.8) is 0 Å². The van der Waals surface area contributed by atoms with Crippen molar-refractivity contribution in [1.29, 1.82) is 0 Å². The fraction of sp³-hybridized carbons (Fsp3) is 1.00. The highest BCUT2D eigenvalue weighted by Crippen LogP contribution is 2.17. The Morgan fingerprint density at radius 3 is 2.93 bits per heavy atom. The largest absolute Gasteiger partial charge is 0.394 e. The second-order valence-electron chi connectivity index (χ2n) is 4.04. The number of rotatable bonds is 6. The topological polar surface area (TPSA) is 58.7 Å². The lowest BCUT2D eigenvalue weighted by Gasteiger charge is -2.17. The van der Waals surface area contributed by atoms with Gasteiger partial charge in [-0.2, -0.15) is 0 Å². The molecule has 1 heterocycles. The minimum atomic E-state index is 0.114. The number of nitrogens with zero attached hydrogens (tertiary/aromatic N) is 1. The number of ether oxygens (including phenoxy) is 1. The van der Waals surface area contributed by atoms with E-state index in [1.165, 1.54) is 6.42 Å². The molecule has 4 nitrogen and oxygen atoms in total. The van der Waals surface area contributed by atoms with Gasteiger partial charge in [-0.15, -0.1) is 0 Å². The molecule has 0 aromatic carbocycles. The fourth-order valence-corrected chi connectivity index (χ4v) is 1.86. The molecule has 4 heteroatoms. The Morgan fingerprint density at radius 1 is 1.57 bits per heavy atom. The van der Waals surface area contributed by atoms with E-state index in [1.807, 2.05) is 0 Å². The molecule has 0 aliphatic carbocycles. The zero-order valence-electron chi connectivity index (χ0n) is 8.98. The molecule has 1 aliphatic rings. The molecule has 0 bridgehead atoms. The van der Waals surface area contributed by atoms with Crippen molar-refractivity contribution in [3.05, 3.63) is 0 Å². The van der Waals surface area contributed by atoms with Gasteiger partial charge in [0, 0.05) is 19.1 Å². The third kappa shape index (κ3) is 3.92. The second kappa shape index (κ2) is 6.35. The molecular weight excluding hydrogens is 180 g/mol. The Hall–Kier alpha value is -0.160. The molecule has 0 spiro atoms. The molecule has 0 aromatic rings. The molecule has 3 N–H and O–H groups in total.